The van der Waals surface area contributed by atoms with Crippen LogP contribution in [0.2, 0.25) is 0 Å². The SMILES string of the molecule is CCC=CCOC(=O)c1ccc(C)c(NC(=O)c2ccco2)c1. The number of nitrogens with one attached hydrogen (secondary N) is 1. The Labute approximate surface area is 134 Å². The molecule has 0 saturated heterocycles. The molecule has 23 heavy (non-hydrogen) atoms. The van der Waals surface area contributed by atoms with Crippen LogP contribution in [0.5, 0.6) is 0 Å². The van der Waals surface area contributed by atoms with Gasteiger partial charge in [-0.25, -0.2) is 4.79 Å². The molecule has 0 bridgehead atoms. The number of allylic oxidation sites excluding steroid dienone is 1. The summed E-state index contributed by atoms with van der Waals surface area (Å²) in [5, 5.41) is 2.73. The molecule has 1 aromatic heterocycles. The van der Waals surface area contributed by atoms with Crippen LogP contribution in [0.3, 0.4) is 0 Å². The highest BCUT2D eigenvalue weighted by atomic mass is 16.5. The van der Waals surface area contributed by atoms with Crippen molar-refractivity contribution >= 4 is 17.6 Å². The van der Waals surface area contributed by atoms with E-state index in [2.05, 4.69) is 5.32 Å². The first-order chi connectivity index (χ1) is 11.1. The minimum Gasteiger partial charge on any atom is -0.459 e. The van der Waals surface area contributed by atoms with Gasteiger partial charge in [0.15, 0.2) is 5.76 Å². The maximum atomic E-state index is 12.0. The number of carbonyl (C=O) groups excluding carboxylic acids is 2. The Morgan fingerprint density at radius 2 is 2.09 bits per heavy atom. The van der Waals surface area contributed by atoms with Crippen molar-refractivity contribution in [3.8, 4) is 0 Å². The number of aryl methyl sites for hydroxylation is 1. The van der Waals surface area contributed by atoms with Crippen LogP contribution in [0, 0.1) is 6.92 Å². The second-order valence-corrected chi connectivity index (χ2v) is 4.94. The summed E-state index contributed by atoms with van der Waals surface area (Å²) in [6.45, 7) is 4.08. The molecule has 1 amide bonds. The lowest BCUT2D eigenvalue weighted by atomic mass is 10.1. The molecule has 0 fully saturated rings. The number of hydrogen-bond donors (Lipinski definition) is 1. The standard InChI is InChI=1S/C18H19NO4/c1-3-4-5-10-23-18(21)14-9-8-13(2)15(12-14)19-17(20)16-7-6-11-22-16/h4-9,11-12H,3,10H2,1-2H3,(H,19,20). The molecule has 2 aromatic rings. The third kappa shape index (κ3) is 4.57. The van der Waals surface area contributed by atoms with Crippen LogP contribution in [0.1, 0.15) is 39.8 Å². The summed E-state index contributed by atoms with van der Waals surface area (Å²) in [5.74, 6) is -0.587. The van der Waals surface area contributed by atoms with Crippen LogP contribution in [0.25, 0.3) is 0 Å². The number of amides is 1. The van der Waals surface area contributed by atoms with Crippen molar-refractivity contribution in [1.82, 2.24) is 0 Å². The highest BCUT2D eigenvalue weighted by molar-refractivity contribution is 6.03. The van der Waals surface area contributed by atoms with Crippen LogP contribution in [-0.4, -0.2) is 18.5 Å². The van der Waals surface area contributed by atoms with Crippen LogP contribution < -0.4 is 5.32 Å². The van der Waals surface area contributed by atoms with Gasteiger partial charge in [0.05, 0.1) is 11.8 Å². The summed E-state index contributed by atoms with van der Waals surface area (Å²) in [6, 6.07) is 8.24. The summed E-state index contributed by atoms with van der Waals surface area (Å²) in [4.78, 5) is 24.0. The third-order valence-corrected chi connectivity index (χ3v) is 3.18. The van der Waals surface area contributed by atoms with Crippen molar-refractivity contribution in [2.24, 2.45) is 0 Å². The molecule has 0 unspecified atom stereocenters. The van der Waals surface area contributed by atoms with Gasteiger partial charge in [0.25, 0.3) is 5.91 Å². The first-order valence-corrected chi connectivity index (χ1v) is 7.39. The zero-order chi connectivity index (χ0) is 16.7. The van der Waals surface area contributed by atoms with E-state index in [0.29, 0.717) is 11.3 Å². The molecular formula is C18H19NO4. The zero-order valence-corrected chi connectivity index (χ0v) is 13.2. The lowest BCUT2D eigenvalue weighted by Gasteiger charge is -2.09. The molecule has 5 heteroatoms. The first-order valence-electron chi connectivity index (χ1n) is 7.39. The van der Waals surface area contributed by atoms with Crippen molar-refractivity contribution in [3.05, 3.63) is 65.6 Å². The number of benzene rings is 1. The summed E-state index contributed by atoms with van der Waals surface area (Å²) in [7, 11) is 0. The number of anilines is 1. The molecule has 2 rings (SSSR count). The van der Waals surface area contributed by atoms with Crippen LogP contribution in [0.15, 0.2) is 53.2 Å². The van der Waals surface area contributed by atoms with Gasteiger partial charge in [0.1, 0.15) is 6.61 Å². The zero-order valence-electron chi connectivity index (χ0n) is 13.2. The van der Waals surface area contributed by atoms with Crippen molar-refractivity contribution < 1.29 is 18.7 Å². The second kappa shape index (κ2) is 7.98. The van der Waals surface area contributed by atoms with E-state index in [1.54, 1.807) is 36.4 Å². The van der Waals surface area contributed by atoms with Gasteiger partial charge >= 0.3 is 5.97 Å². The van der Waals surface area contributed by atoms with Gasteiger partial charge < -0.3 is 14.5 Å². The predicted octanol–water partition coefficient (Wildman–Crippen LogP) is 3.96. The van der Waals surface area contributed by atoms with Gasteiger partial charge in [0.2, 0.25) is 0 Å². The molecule has 1 aromatic carbocycles. The number of rotatable bonds is 6. The minimum absolute atomic E-state index is 0.210. The van der Waals surface area contributed by atoms with Crippen molar-refractivity contribution in [2.45, 2.75) is 20.3 Å². The largest absolute Gasteiger partial charge is 0.459 e. The molecule has 0 atom stereocenters. The van der Waals surface area contributed by atoms with Gasteiger partial charge in [-0.2, -0.15) is 0 Å². The topological polar surface area (TPSA) is 68.5 Å². The second-order valence-electron chi connectivity index (χ2n) is 4.94. The van der Waals surface area contributed by atoms with Crippen molar-refractivity contribution in [2.75, 3.05) is 11.9 Å². The quantitative estimate of drug-likeness (QED) is 0.647. The van der Waals surface area contributed by atoms with E-state index >= 15 is 0 Å². The predicted molar refractivity (Wildman–Crippen MR) is 87.6 cm³/mol. The maximum Gasteiger partial charge on any atom is 0.338 e. The Bertz CT molecular complexity index is 702. The molecule has 0 aliphatic heterocycles. The fourth-order valence-electron chi connectivity index (χ4n) is 1.92. The molecule has 120 valence electrons. The smallest absolute Gasteiger partial charge is 0.338 e. The number of furan rings is 1. The normalized spacial score (nSPS) is 10.7. The van der Waals surface area contributed by atoms with Crippen molar-refractivity contribution in [1.29, 1.82) is 0 Å². The number of esters is 1. The molecule has 0 spiro atoms. The third-order valence-electron chi connectivity index (χ3n) is 3.18. The van der Waals surface area contributed by atoms with E-state index in [9.17, 15) is 9.59 Å². The van der Waals surface area contributed by atoms with Gasteiger partial charge in [-0.15, -0.1) is 0 Å². The Balaban J connectivity index is 2.07. The van der Waals surface area contributed by atoms with Crippen molar-refractivity contribution in [3.63, 3.8) is 0 Å². The first kappa shape index (κ1) is 16.5. The molecule has 1 N–H and O–H groups in total. The van der Waals surface area contributed by atoms with E-state index < -0.39 is 5.97 Å². The molecule has 1 heterocycles. The number of ether oxygens (including phenoxy) is 1. The van der Waals surface area contributed by atoms with E-state index in [1.807, 2.05) is 19.9 Å². The molecule has 0 aliphatic rings. The minimum atomic E-state index is -0.431. The maximum absolute atomic E-state index is 12.0. The molecule has 0 saturated carbocycles. The highest BCUT2D eigenvalue weighted by Crippen LogP contribution is 2.19. The van der Waals surface area contributed by atoms with E-state index in [1.165, 1.54) is 6.26 Å². The lowest BCUT2D eigenvalue weighted by molar-refractivity contribution is 0.0549. The molecule has 0 radical (unpaired) electrons. The Morgan fingerprint density at radius 3 is 2.78 bits per heavy atom. The summed E-state index contributed by atoms with van der Waals surface area (Å²) in [6.07, 6.45) is 6.05. The van der Waals surface area contributed by atoms with Crippen LogP contribution >= 0.6 is 0 Å². The van der Waals surface area contributed by atoms with Gasteiger partial charge in [-0.1, -0.05) is 25.1 Å². The Morgan fingerprint density at radius 1 is 1.26 bits per heavy atom. The number of carbonyl (C=O) groups is 2. The summed E-state index contributed by atoms with van der Waals surface area (Å²) in [5.41, 5.74) is 1.77. The Kier molecular flexibility index (Phi) is 5.74. The molecule has 0 aliphatic carbocycles. The molecule has 5 nitrogen and oxygen atoms in total. The highest BCUT2D eigenvalue weighted by Gasteiger charge is 2.13. The van der Waals surface area contributed by atoms with E-state index in [-0.39, 0.29) is 18.3 Å². The van der Waals surface area contributed by atoms with Crippen LogP contribution in [-0.2, 0) is 4.74 Å². The average molecular weight is 313 g/mol. The average Bonchev–Trinajstić information content (AvgIpc) is 3.08. The van der Waals surface area contributed by atoms with E-state index in [4.69, 9.17) is 9.15 Å². The van der Waals surface area contributed by atoms with Gasteiger partial charge in [-0.05, 0) is 43.2 Å². The Hall–Kier alpha value is -2.82. The summed E-state index contributed by atoms with van der Waals surface area (Å²) < 4.78 is 10.2. The lowest BCUT2D eigenvalue weighted by Crippen LogP contribution is -2.13. The van der Waals surface area contributed by atoms with Crippen LogP contribution in [0.4, 0.5) is 5.69 Å². The fourth-order valence-corrected chi connectivity index (χ4v) is 1.92. The number of hydrogen-bond acceptors (Lipinski definition) is 4. The fraction of sp³-hybridized carbons (Fsp3) is 0.222. The van der Waals surface area contributed by atoms with E-state index in [0.717, 1.165) is 12.0 Å². The monoisotopic (exact) mass is 313 g/mol. The molecular weight excluding hydrogens is 294 g/mol. The summed E-state index contributed by atoms with van der Waals surface area (Å²) >= 11 is 0. The van der Waals surface area contributed by atoms with Gasteiger partial charge in [0, 0.05) is 5.69 Å². The van der Waals surface area contributed by atoms with Gasteiger partial charge in [-0.3, -0.25) is 4.79 Å².